The summed E-state index contributed by atoms with van der Waals surface area (Å²) in [5.74, 6) is -1.13. The van der Waals surface area contributed by atoms with E-state index in [4.69, 9.17) is 11.6 Å². The summed E-state index contributed by atoms with van der Waals surface area (Å²) in [7, 11) is 0. The maximum atomic E-state index is 14.5. The topological polar surface area (TPSA) is 108 Å². The van der Waals surface area contributed by atoms with E-state index in [0.717, 1.165) is 31.7 Å². The van der Waals surface area contributed by atoms with E-state index in [1.807, 2.05) is 0 Å². The monoisotopic (exact) mass is 489 g/mol. The van der Waals surface area contributed by atoms with E-state index in [-0.39, 0.29) is 35.3 Å². The molecule has 1 aliphatic carbocycles. The normalized spacial score (nSPS) is 18.4. The van der Waals surface area contributed by atoms with E-state index in [0.29, 0.717) is 27.4 Å². The highest BCUT2D eigenvalue weighted by Crippen LogP contribution is 2.27. The van der Waals surface area contributed by atoms with E-state index in [1.165, 1.54) is 17.4 Å². The molecule has 1 fully saturated rings. The Hall–Kier alpha value is -3.18. The van der Waals surface area contributed by atoms with Gasteiger partial charge in [-0.2, -0.15) is 5.10 Å². The Balaban J connectivity index is 1.31. The number of hydrogen-bond donors (Lipinski definition) is 3. The molecule has 33 heavy (non-hydrogen) atoms. The fourth-order valence-electron chi connectivity index (χ4n) is 3.97. The number of amides is 1. The number of carbonyl (C=O) groups is 1. The predicted octanol–water partition coefficient (Wildman–Crippen LogP) is 4.56. The summed E-state index contributed by atoms with van der Waals surface area (Å²) < 4.78 is 28.7. The van der Waals surface area contributed by atoms with Gasteiger partial charge in [0.2, 0.25) is 0 Å². The molecule has 4 aromatic rings. The highest BCUT2D eigenvalue weighted by atomic mass is 35.5. The number of H-pyrrole nitrogens is 1. The van der Waals surface area contributed by atoms with Gasteiger partial charge in [0.15, 0.2) is 23.1 Å². The van der Waals surface area contributed by atoms with Crippen molar-refractivity contribution in [2.24, 2.45) is 0 Å². The molecule has 0 radical (unpaired) electrons. The van der Waals surface area contributed by atoms with Crippen molar-refractivity contribution < 1.29 is 13.6 Å². The summed E-state index contributed by atoms with van der Waals surface area (Å²) in [4.78, 5) is 24.7. The first-order valence-electron chi connectivity index (χ1n) is 10.3. The second-order valence-corrected chi connectivity index (χ2v) is 9.37. The molecular weight excluding hydrogens is 472 g/mol. The van der Waals surface area contributed by atoms with Gasteiger partial charge in [0.05, 0.1) is 27.7 Å². The molecule has 0 aliphatic heterocycles. The Bertz CT molecular complexity index is 1330. The second kappa shape index (κ2) is 8.99. The molecule has 0 bridgehead atoms. The number of fused-ring (bicyclic) bond motifs is 1. The number of aromatic amines is 1. The van der Waals surface area contributed by atoms with E-state index in [2.05, 4.69) is 35.8 Å². The molecule has 1 aliphatic rings. The number of carbonyl (C=O) groups excluding carboxylic acids is 1. The summed E-state index contributed by atoms with van der Waals surface area (Å²) in [5.41, 5.74) is 1.19. The minimum absolute atomic E-state index is 0.0297. The quantitative estimate of drug-likeness (QED) is 0.379. The van der Waals surface area contributed by atoms with Crippen LogP contribution in [0.15, 0.2) is 29.9 Å². The molecule has 1 saturated carbocycles. The van der Waals surface area contributed by atoms with E-state index < -0.39 is 11.6 Å². The Morgan fingerprint density at radius 3 is 2.85 bits per heavy atom. The lowest BCUT2D eigenvalue weighted by atomic mass is 9.90. The summed E-state index contributed by atoms with van der Waals surface area (Å²) in [6, 6.07) is 2.76. The second-order valence-electron chi connectivity index (χ2n) is 7.83. The molecule has 3 N–H and O–H groups in total. The number of hydrogen-bond acceptors (Lipinski definition) is 7. The van der Waals surface area contributed by atoms with Crippen molar-refractivity contribution in [3.8, 4) is 11.5 Å². The SMILES string of the molecule is O=C(N[C@@H]1CCCC(Nc2nc(-c3n[nH]c4ncc(F)cc34)ncc2F)C1)c1csc(Cl)c1. The third-order valence-corrected chi connectivity index (χ3v) is 6.61. The van der Waals surface area contributed by atoms with Gasteiger partial charge in [0, 0.05) is 17.5 Å². The van der Waals surface area contributed by atoms with Crippen LogP contribution in [0.25, 0.3) is 22.6 Å². The Morgan fingerprint density at radius 2 is 2.03 bits per heavy atom. The van der Waals surface area contributed by atoms with Gasteiger partial charge in [0.1, 0.15) is 11.5 Å². The number of nitrogens with one attached hydrogen (secondary N) is 3. The van der Waals surface area contributed by atoms with Crippen LogP contribution < -0.4 is 10.6 Å². The lowest BCUT2D eigenvalue weighted by Crippen LogP contribution is -2.41. The van der Waals surface area contributed by atoms with Gasteiger partial charge in [-0.05, 0) is 37.8 Å². The Morgan fingerprint density at radius 1 is 1.18 bits per heavy atom. The molecule has 5 rings (SSSR count). The van der Waals surface area contributed by atoms with Crippen molar-refractivity contribution in [2.75, 3.05) is 5.32 Å². The van der Waals surface area contributed by atoms with Crippen LogP contribution in [0.5, 0.6) is 0 Å². The third-order valence-electron chi connectivity index (χ3n) is 5.52. The zero-order valence-corrected chi connectivity index (χ0v) is 18.7. The molecule has 4 heterocycles. The molecule has 170 valence electrons. The first-order chi connectivity index (χ1) is 16.0. The summed E-state index contributed by atoms with van der Waals surface area (Å²) in [5, 5.41) is 15.1. The molecule has 0 spiro atoms. The molecule has 0 saturated heterocycles. The molecule has 0 aromatic carbocycles. The standard InChI is InChI=1S/C21H18ClF2N7OS/c22-16-4-10(9-33-16)21(32)28-13-3-1-2-12(6-13)27-19-15(24)8-26-20(29-19)17-14-5-11(23)7-25-18(14)31-30-17/h4-5,7-9,12-13H,1-3,6H2,(H,28,32)(H,25,30,31)(H,26,27,29)/t12?,13-/m1/s1. The Labute approximate surface area is 195 Å². The number of pyridine rings is 1. The number of anilines is 1. The van der Waals surface area contributed by atoms with Crippen LogP contribution >= 0.6 is 22.9 Å². The van der Waals surface area contributed by atoms with Crippen LogP contribution in [0.2, 0.25) is 4.34 Å². The van der Waals surface area contributed by atoms with Crippen LogP contribution in [0.1, 0.15) is 36.0 Å². The third kappa shape index (κ3) is 4.64. The van der Waals surface area contributed by atoms with Gasteiger partial charge < -0.3 is 10.6 Å². The van der Waals surface area contributed by atoms with Gasteiger partial charge in [-0.15, -0.1) is 11.3 Å². The minimum atomic E-state index is -0.609. The number of halogens is 3. The maximum Gasteiger partial charge on any atom is 0.252 e. The van der Waals surface area contributed by atoms with E-state index in [9.17, 15) is 13.6 Å². The van der Waals surface area contributed by atoms with Crippen LogP contribution in [-0.4, -0.2) is 43.1 Å². The molecular formula is C21H18ClF2N7OS. The molecule has 1 unspecified atom stereocenters. The zero-order chi connectivity index (χ0) is 22.9. The van der Waals surface area contributed by atoms with Gasteiger partial charge in [-0.3, -0.25) is 9.89 Å². The lowest BCUT2D eigenvalue weighted by molar-refractivity contribution is 0.0927. The van der Waals surface area contributed by atoms with Crippen molar-refractivity contribution >= 4 is 45.7 Å². The average Bonchev–Trinajstić information content (AvgIpc) is 3.42. The average molecular weight is 490 g/mol. The zero-order valence-electron chi connectivity index (χ0n) is 17.1. The van der Waals surface area contributed by atoms with Gasteiger partial charge in [-0.1, -0.05) is 11.6 Å². The highest BCUT2D eigenvalue weighted by molar-refractivity contribution is 7.14. The minimum Gasteiger partial charge on any atom is -0.365 e. The van der Waals surface area contributed by atoms with Gasteiger partial charge in [0.25, 0.3) is 5.91 Å². The van der Waals surface area contributed by atoms with Gasteiger partial charge in [-0.25, -0.2) is 23.7 Å². The van der Waals surface area contributed by atoms with Crippen molar-refractivity contribution in [3.05, 3.63) is 51.4 Å². The van der Waals surface area contributed by atoms with Crippen molar-refractivity contribution in [3.63, 3.8) is 0 Å². The lowest BCUT2D eigenvalue weighted by Gasteiger charge is -2.30. The van der Waals surface area contributed by atoms with Crippen molar-refractivity contribution in [1.29, 1.82) is 0 Å². The van der Waals surface area contributed by atoms with Crippen LogP contribution in [0.3, 0.4) is 0 Å². The van der Waals surface area contributed by atoms with E-state index >= 15 is 0 Å². The first-order valence-corrected chi connectivity index (χ1v) is 11.6. The number of aromatic nitrogens is 5. The Kier molecular flexibility index (Phi) is 5.90. The van der Waals surface area contributed by atoms with Crippen LogP contribution in [0.4, 0.5) is 14.6 Å². The fraction of sp³-hybridized carbons (Fsp3) is 0.286. The van der Waals surface area contributed by atoms with Crippen molar-refractivity contribution in [2.45, 2.75) is 37.8 Å². The predicted molar refractivity (Wildman–Crippen MR) is 121 cm³/mol. The maximum absolute atomic E-state index is 14.5. The van der Waals surface area contributed by atoms with Crippen LogP contribution in [0, 0.1) is 11.6 Å². The summed E-state index contributed by atoms with van der Waals surface area (Å²) >= 11 is 7.22. The van der Waals surface area contributed by atoms with Crippen LogP contribution in [-0.2, 0) is 0 Å². The highest BCUT2D eigenvalue weighted by Gasteiger charge is 2.25. The van der Waals surface area contributed by atoms with E-state index in [1.54, 1.807) is 11.4 Å². The number of rotatable bonds is 5. The summed E-state index contributed by atoms with van der Waals surface area (Å²) in [6.45, 7) is 0. The molecule has 12 heteroatoms. The first kappa shape index (κ1) is 21.7. The molecule has 1 amide bonds. The molecule has 8 nitrogen and oxygen atoms in total. The molecule has 4 aromatic heterocycles. The van der Waals surface area contributed by atoms with Crippen molar-refractivity contribution in [1.82, 2.24) is 30.5 Å². The fourth-order valence-corrected chi connectivity index (χ4v) is 4.83. The largest absolute Gasteiger partial charge is 0.365 e. The summed E-state index contributed by atoms with van der Waals surface area (Å²) in [6.07, 6.45) is 5.24. The van der Waals surface area contributed by atoms with Gasteiger partial charge >= 0.3 is 0 Å². The smallest absolute Gasteiger partial charge is 0.252 e. The number of nitrogens with zero attached hydrogens (tertiary/aromatic N) is 4. The molecule has 2 atom stereocenters. The number of thiophene rings is 1.